The van der Waals surface area contributed by atoms with Gasteiger partial charge in [-0.15, -0.1) is 0 Å². The van der Waals surface area contributed by atoms with Gasteiger partial charge in [-0.3, -0.25) is 9.69 Å². The maximum absolute atomic E-state index is 12.0. The molecule has 3 N–H and O–H groups in total. The lowest BCUT2D eigenvalue weighted by Crippen LogP contribution is -2.35. The molecule has 0 bridgehead atoms. The van der Waals surface area contributed by atoms with Crippen molar-refractivity contribution in [2.75, 3.05) is 30.7 Å². The highest BCUT2D eigenvalue weighted by Gasteiger charge is 2.24. The van der Waals surface area contributed by atoms with E-state index in [0.717, 1.165) is 31.1 Å². The maximum Gasteiger partial charge on any atom is 0.238 e. The van der Waals surface area contributed by atoms with Crippen LogP contribution in [0, 0.1) is 5.92 Å². The zero-order chi connectivity index (χ0) is 13.7. The Morgan fingerprint density at radius 2 is 2.05 bits per heavy atom. The van der Waals surface area contributed by atoms with Crippen LogP contribution in [0.15, 0.2) is 24.3 Å². The summed E-state index contributed by atoms with van der Waals surface area (Å²) in [6.07, 6.45) is 3.72. The summed E-state index contributed by atoms with van der Waals surface area (Å²) in [4.78, 5) is 14.3. The van der Waals surface area contributed by atoms with Gasteiger partial charge in [0.25, 0.3) is 0 Å². The third-order valence-electron chi connectivity index (χ3n) is 3.31. The van der Waals surface area contributed by atoms with Crippen LogP contribution in [0.2, 0.25) is 0 Å². The van der Waals surface area contributed by atoms with Crippen LogP contribution in [0.3, 0.4) is 0 Å². The number of hydrogen-bond acceptors (Lipinski definition) is 3. The molecule has 0 aliphatic heterocycles. The highest BCUT2D eigenvalue weighted by Crippen LogP contribution is 2.29. The Kier molecular flexibility index (Phi) is 4.80. The van der Waals surface area contributed by atoms with Gasteiger partial charge in [0.2, 0.25) is 5.91 Å². The molecule has 1 amide bonds. The number of nitrogens with one attached hydrogen (secondary N) is 1. The Balaban J connectivity index is 1.82. The van der Waals surface area contributed by atoms with E-state index in [1.54, 1.807) is 12.1 Å². The zero-order valence-corrected chi connectivity index (χ0v) is 11.6. The van der Waals surface area contributed by atoms with Crippen molar-refractivity contribution in [2.24, 2.45) is 5.92 Å². The summed E-state index contributed by atoms with van der Waals surface area (Å²) >= 11 is 0. The Morgan fingerprint density at radius 3 is 2.63 bits per heavy atom. The minimum atomic E-state index is 0.0545. The van der Waals surface area contributed by atoms with E-state index in [2.05, 4.69) is 17.1 Å². The molecule has 0 spiro atoms. The van der Waals surface area contributed by atoms with Crippen molar-refractivity contribution in [1.29, 1.82) is 0 Å². The Morgan fingerprint density at radius 1 is 1.37 bits per heavy atom. The summed E-state index contributed by atoms with van der Waals surface area (Å²) in [6.45, 7) is 4.68. The summed E-state index contributed by atoms with van der Waals surface area (Å²) in [7, 11) is 0. The number of nitrogens with zero attached hydrogens (tertiary/aromatic N) is 1. The molecule has 2 rings (SSSR count). The highest BCUT2D eigenvalue weighted by molar-refractivity contribution is 5.92. The Bertz CT molecular complexity index is 412. The number of nitrogens with two attached hydrogens (primary N) is 1. The van der Waals surface area contributed by atoms with Crippen LogP contribution >= 0.6 is 0 Å². The molecule has 0 radical (unpaired) electrons. The lowest BCUT2D eigenvalue weighted by Gasteiger charge is -2.20. The molecule has 1 fully saturated rings. The van der Waals surface area contributed by atoms with Crippen molar-refractivity contribution in [3.63, 3.8) is 0 Å². The van der Waals surface area contributed by atoms with E-state index in [1.165, 1.54) is 12.8 Å². The number of carbonyl (C=O) groups is 1. The molecular weight excluding hydrogens is 238 g/mol. The fourth-order valence-electron chi connectivity index (χ4n) is 2.19. The molecule has 1 aliphatic carbocycles. The summed E-state index contributed by atoms with van der Waals surface area (Å²) < 4.78 is 0. The molecule has 1 aliphatic rings. The Hall–Kier alpha value is -1.55. The first-order valence-electron chi connectivity index (χ1n) is 7.05. The summed E-state index contributed by atoms with van der Waals surface area (Å²) in [5.41, 5.74) is 7.13. The van der Waals surface area contributed by atoms with Gasteiger partial charge in [-0.25, -0.2) is 0 Å². The molecule has 104 valence electrons. The minimum Gasteiger partial charge on any atom is -0.399 e. The van der Waals surface area contributed by atoms with Crippen LogP contribution < -0.4 is 11.1 Å². The van der Waals surface area contributed by atoms with Crippen LogP contribution in [0.1, 0.15) is 26.2 Å². The summed E-state index contributed by atoms with van der Waals surface area (Å²) in [6, 6.07) is 7.25. The second-order valence-corrected chi connectivity index (χ2v) is 5.35. The van der Waals surface area contributed by atoms with Crippen LogP contribution in [-0.2, 0) is 4.79 Å². The monoisotopic (exact) mass is 261 g/mol. The van der Waals surface area contributed by atoms with Crippen LogP contribution in [0.4, 0.5) is 11.4 Å². The molecular formula is C15H23N3O. The van der Waals surface area contributed by atoms with E-state index < -0.39 is 0 Å². The van der Waals surface area contributed by atoms with Crippen molar-refractivity contribution in [1.82, 2.24) is 4.90 Å². The molecule has 0 aromatic heterocycles. The summed E-state index contributed by atoms with van der Waals surface area (Å²) in [5, 5.41) is 2.92. The zero-order valence-electron chi connectivity index (χ0n) is 11.6. The van der Waals surface area contributed by atoms with Gasteiger partial charge < -0.3 is 11.1 Å². The average molecular weight is 261 g/mol. The third kappa shape index (κ3) is 4.91. The molecule has 0 atom stereocenters. The number of rotatable bonds is 7. The molecule has 4 heteroatoms. The first kappa shape index (κ1) is 13.9. The smallest absolute Gasteiger partial charge is 0.238 e. The van der Waals surface area contributed by atoms with Crippen molar-refractivity contribution < 1.29 is 4.79 Å². The van der Waals surface area contributed by atoms with Gasteiger partial charge >= 0.3 is 0 Å². The quantitative estimate of drug-likeness (QED) is 0.741. The van der Waals surface area contributed by atoms with Gasteiger partial charge in [0, 0.05) is 17.9 Å². The summed E-state index contributed by atoms with van der Waals surface area (Å²) in [5.74, 6) is 0.870. The number of nitrogen functional groups attached to an aromatic ring is 1. The molecule has 0 unspecified atom stereocenters. The van der Waals surface area contributed by atoms with E-state index in [4.69, 9.17) is 5.73 Å². The lowest BCUT2D eigenvalue weighted by molar-refractivity contribution is -0.117. The maximum atomic E-state index is 12.0. The first-order chi connectivity index (χ1) is 9.17. The van der Waals surface area contributed by atoms with Crippen molar-refractivity contribution in [2.45, 2.75) is 26.2 Å². The van der Waals surface area contributed by atoms with Crippen LogP contribution in [0.5, 0.6) is 0 Å². The number of amides is 1. The van der Waals surface area contributed by atoms with E-state index in [0.29, 0.717) is 12.2 Å². The first-order valence-corrected chi connectivity index (χ1v) is 7.05. The average Bonchev–Trinajstić information content (AvgIpc) is 3.16. The molecule has 1 aromatic rings. The normalized spacial score (nSPS) is 14.6. The van der Waals surface area contributed by atoms with Crippen LogP contribution in [0.25, 0.3) is 0 Å². The van der Waals surface area contributed by atoms with Gasteiger partial charge in [-0.05, 0) is 56.0 Å². The number of hydrogen-bond donors (Lipinski definition) is 2. The second kappa shape index (κ2) is 6.57. The fraction of sp³-hybridized carbons (Fsp3) is 0.533. The van der Waals surface area contributed by atoms with Crippen molar-refractivity contribution in [3.8, 4) is 0 Å². The fourth-order valence-corrected chi connectivity index (χ4v) is 2.19. The van der Waals surface area contributed by atoms with Crippen molar-refractivity contribution in [3.05, 3.63) is 24.3 Å². The van der Waals surface area contributed by atoms with E-state index in [1.807, 2.05) is 12.1 Å². The second-order valence-electron chi connectivity index (χ2n) is 5.35. The largest absolute Gasteiger partial charge is 0.399 e. The number of carbonyl (C=O) groups excluding carboxylic acids is 1. The molecule has 0 saturated heterocycles. The lowest BCUT2D eigenvalue weighted by atomic mass is 10.3. The third-order valence-corrected chi connectivity index (χ3v) is 3.31. The number of benzene rings is 1. The van der Waals surface area contributed by atoms with Gasteiger partial charge in [0.05, 0.1) is 6.54 Å². The van der Waals surface area contributed by atoms with Gasteiger partial charge in [0.15, 0.2) is 0 Å². The van der Waals surface area contributed by atoms with E-state index in [-0.39, 0.29) is 5.91 Å². The molecule has 0 heterocycles. The standard InChI is InChI=1S/C15H23N3O/c1-2-9-18(10-12-3-4-12)11-15(19)17-14-7-5-13(16)6-8-14/h5-8,12H,2-4,9-11,16H2,1H3,(H,17,19). The van der Waals surface area contributed by atoms with E-state index in [9.17, 15) is 4.79 Å². The Labute approximate surface area is 115 Å². The predicted octanol–water partition coefficient (Wildman–Crippen LogP) is 2.33. The SMILES string of the molecule is CCCN(CC(=O)Nc1ccc(N)cc1)CC1CC1. The topological polar surface area (TPSA) is 58.4 Å². The van der Waals surface area contributed by atoms with Gasteiger partial charge in [-0.2, -0.15) is 0 Å². The van der Waals surface area contributed by atoms with Gasteiger partial charge in [-0.1, -0.05) is 6.92 Å². The number of anilines is 2. The predicted molar refractivity (Wildman–Crippen MR) is 78.9 cm³/mol. The molecule has 1 saturated carbocycles. The van der Waals surface area contributed by atoms with E-state index >= 15 is 0 Å². The highest BCUT2D eigenvalue weighted by atomic mass is 16.2. The minimum absolute atomic E-state index is 0.0545. The van der Waals surface area contributed by atoms with Crippen LogP contribution in [-0.4, -0.2) is 30.4 Å². The molecule has 19 heavy (non-hydrogen) atoms. The molecule has 4 nitrogen and oxygen atoms in total. The molecule has 1 aromatic carbocycles. The van der Waals surface area contributed by atoms with Gasteiger partial charge in [0.1, 0.15) is 0 Å². The van der Waals surface area contributed by atoms with Crippen molar-refractivity contribution >= 4 is 17.3 Å².